The van der Waals surface area contributed by atoms with Gasteiger partial charge in [-0.2, -0.15) is 0 Å². The summed E-state index contributed by atoms with van der Waals surface area (Å²) in [5.41, 5.74) is 0. The molecule has 44 valence electrons. The first-order valence-corrected chi connectivity index (χ1v) is 3.27. The van der Waals surface area contributed by atoms with Crippen molar-refractivity contribution in [3.8, 4) is 0 Å². The van der Waals surface area contributed by atoms with E-state index in [1.807, 2.05) is 6.26 Å². The molecule has 0 bridgehead atoms. The van der Waals surface area contributed by atoms with Crippen LogP contribution in [0, 0.1) is 5.92 Å². The molecule has 0 aromatic carbocycles. The normalized spacial score (nSPS) is 35.2. The van der Waals surface area contributed by atoms with Crippen molar-refractivity contribution in [2.45, 2.75) is 25.4 Å². The van der Waals surface area contributed by atoms with Gasteiger partial charge in [-0.05, 0) is 24.8 Å². The predicted octanol–water partition coefficient (Wildman–Crippen LogP) is 1.70. The van der Waals surface area contributed by atoms with E-state index < -0.39 is 0 Å². The second kappa shape index (κ2) is 1.51. The largest absolute Gasteiger partial charge is 0.498 e. The molecule has 0 radical (unpaired) electrons. The monoisotopic (exact) mass is 110 g/mol. The fourth-order valence-corrected chi connectivity index (χ4v) is 1.17. The lowest BCUT2D eigenvalue weighted by Crippen LogP contribution is -2.05. The van der Waals surface area contributed by atoms with Crippen molar-refractivity contribution in [1.82, 2.24) is 0 Å². The molecule has 1 unspecified atom stereocenters. The van der Waals surface area contributed by atoms with Crippen molar-refractivity contribution in [2.75, 3.05) is 0 Å². The third kappa shape index (κ3) is 0.623. The Morgan fingerprint density at radius 1 is 1.38 bits per heavy atom. The maximum absolute atomic E-state index is 5.30. The average Bonchev–Trinajstić information content (AvgIpc) is 2.49. The fraction of sp³-hybridized carbons (Fsp3) is 0.714. The first-order chi connectivity index (χ1) is 3.97. The number of hydrogen-bond donors (Lipinski definition) is 0. The Labute approximate surface area is 49.3 Å². The van der Waals surface area contributed by atoms with Crippen LogP contribution in [-0.4, -0.2) is 6.10 Å². The lowest BCUT2D eigenvalue weighted by Gasteiger charge is -2.05. The Morgan fingerprint density at radius 3 is 2.75 bits per heavy atom. The molecular formula is C7H10O. The molecule has 0 aromatic heterocycles. The summed E-state index contributed by atoms with van der Waals surface area (Å²) in [7, 11) is 0. The van der Waals surface area contributed by atoms with E-state index in [9.17, 15) is 0 Å². The Balaban J connectivity index is 1.90. The van der Waals surface area contributed by atoms with Gasteiger partial charge in [-0.15, -0.1) is 0 Å². The second-order valence-corrected chi connectivity index (χ2v) is 2.62. The molecule has 2 rings (SSSR count). The summed E-state index contributed by atoms with van der Waals surface area (Å²) in [6.07, 6.45) is 8.46. The molecule has 2 aliphatic rings. The second-order valence-electron chi connectivity index (χ2n) is 2.62. The topological polar surface area (TPSA) is 9.23 Å². The van der Waals surface area contributed by atoms with Gasteiger partial charge in [-0.1, -0.05) is 0 Å². The molecule has 1 nitrogen and oxygen atoms in total. The molecule has 0 N–H and O–H groups in total. The van der Waals surface area contributed by atoms with Gasteiger partial charge in [-0.25, -0.2) is 0 Å². The summed E-state index contributed by atoms with van der Waals surface area (Å²) in [5, 5.41) is 0. The van der Waals surface area contributed by atoms with Gasteiger partial charge in [0.15, 0.2) is 0 Å². The van der Waals surface area contributed by atoms with E-state index in [4.69, 9.17) is 4.74 Å². The summed E-state index contributed by atoms with van der Waals surface area (Å²) in [4.78, 5) is 0. The molecule has 0 saturated heterocycles. The molecule has 1 fully saturated rings. The van der Waals surface area contributed by atoms with Gasteiger partial charge in [0.25, 0.3) is 0 Å². The molecule has 0 amide bonds. The first-order valence-electron chi connectivity index (χ1n) is 3.27. The van der Waals surface area contributed by atoms with E-state index in [2.05, 4.69) is 6.08 Å². The third-order valence-electron chi connectivity index (χ3n) is 1.87. The van der Waals surface area contributed by atoms with E-state index in [0.717, 1.165) is 12.3 Å². The van der Waals surface area contributed by atoms with Crippen molar-refractivity contribution < 1.29 is 4.74 Å². The fourth-order valence-electron chi connectivity index (χ4n) is 1.17. The van der Waals surface area contributed by atoms with Crippen LogP contribution in [-0.2, 0) is 4.74 Å². The van der Waals surface area contributed by atoms with Gasteiger partial charge < -0.3 is 4.74 Å². The van der Waals surface area contributed by atoms with Gasteiger partial charge in [-0.3, -0.25) is 0 Å². The predicted molar refractivity (Wildman–Crippen MR) is 31.4 cm³/mol. The molecule has 1 aliphatic heterocycles. The van der Waals surface area contributed by atoms with Crippen LogP contribution in [0.3, 0.4) is 0 Å². The van der Waals surface area contributed by atoms with Crippen molar-refractivity contribution in [3.05, 3.63) is 12.3 Å². The Kier molecular flexibility index (Phi) is 0.833. The highest BCUT2D eigenvalue weighted by Gasteiger charge is 2.32. The first kappa shape index (κ1) is 4.42. The molecular weight excluding hydrogens is 100 g/mol. The van der Waals surface area contributed by atoms with Gasteiger partial charge in [0, 0.05) is 6.42 Å². The molecule has 1 heteroatoms. The highest BCUT2D eigenvalue weighted by atomic mass is 16.5. The van der Waals surface area contributed by atoms with Gasteiger partial charge in [0.1, 0.15) is 6.10 Å². The highest BCUT2D eigenvalue weighted by molar-refractivity contribution is 4.94. The van der Waals surface area contributed by atoms with E-state index >= 15 is 0 Å². The van der Waals surface area contributed by atoms with Crippen LogP contribution < -0.4 is 0 Å². The van der Waals surface area contributed by atoms with E-state index in [1.54, 1.807) is 0 Å². The SMILES string of the molecule is C1=COC(C2CC2)C1. The van der Waals surface area contributed by atoms with Crippen molar-refractivity contribution in [3.63, 3.8) is 0 Å². The summed E-state index contributed by atoms with van der Waals surface area (Å²) in [6, 6.07) is 0. The number of hydrogen-bond acceptors (Lipinski definition) is 1. The Hall–Kier alpha value is -0.460. The molecule has 0 aromatic rings. The smallest absolute Gasteiger partial charge is 0.104 e. The quantitative estimate of drug-likeness (QED) is 0.499. The minimum absolute atomic E-state index is 0.565. The van der Waals surface area contributed by atoms with Crippen LogP contribution in [0.1, 0.15) is 19.3 Å². The van der Waals surface area contributed by atoms with Crippen LogP contribution in [0.25, 0.3) is 0 Å². The van der Waals surface area contributed by atoms with Crippen LogP contribution in [0.15, 0.2) is 12.3 Å². The summed E-state index contributed by atoms with van der Waals surface area (Å²) < 4.78 is 5.30. The Morgan fingerprint density at radius 2 is 2.25 bits per heavy atom. The lowest BCUT2D eigenvalue weighted by atomic mass is 10.2. The van der Waals surface area contributed by atoms with E-state index in [1.165, 1.54) is 12.8 Å². The zero-order valence-electron chi connectivity index (χ0n) is 4.84. The van der Waals surface area contributed by atoms with Gasteiger partial charge in [0.05, 0.1) is 6.26 Å². The summed E-state index contributed by atoms with van der Waals surface area (Å²) in [6.45, 7) is 0. The minimum Gasteiger partial charge on any atom is -0.498 e. The van der Waals surface area contributed by atoms with E-state index in [-0.39, 0.29) is 0 Å². The third-order valence-corrected chi connectivity index (χ3v) is 1.87. The van der Waals surface area contributed by atoms with Gasteiger partial charge in [0.2, 0.25) is 0 Å². The van der Waals surface area contributed by atoms with Crippen molar-refractivity contribution >= 4 is 0 Å². The van der Waals surface area contributed by atoms with E-state index in [0.29, 0.717) is 6.10 Å². The standard InChI is InChI=1S/C7H10O/c1-2-7(8-5-1)6-3-4-6/h1,5-7H,2-4H2. The van der Waals surface area contributed by atoms with Gasteiger partial charge >= 0.3 is 0 Å². The van der Waals surface area contributed by atoms with Crippen LogP contribution in [0.4, 0.5) is 0 Å². The summed E-state index contributed by atoms with van der Waals surface area (Å²) in [5.74, 6) is 0.907. The maximum atomic E-state index is 5.30. The zero-order chi connectivity index (χ0) is 5.40. The maximum Gasteiger partial charge on any atom is 0.104 e. The van der Waals surface area contributed by atoms with Crippen LogP contribution in [0.2, 0.25) is 0 Å². The lowest BCUT2D eigenvalue weighted by molar-refractivity contribution is 0.149. The van der Waals surface area contributed by atoms with Crippen LogP contribution in [0.5, 0.6) is 0 Å². The number of rotatable bonds is 1. The molecule has 0 spiro atoms. The molecule has 1 atom stereocenters. The molecule has 1 heterocycles. The molecule has 1 aliphatic carbocycles. The highest BCUT2D eigenvalue weighted by Crippen LogP contribution is 2.37. The average molecular weight is 110 g/mol. The molecule has 1 saturated carbocycles. The minimum atomic E-state index is 0.565. The Bertz CT molecular complexity index is 106. The summed E-state index contributed by atoms with van der Waals surface area (Å²) >= 11 is 0. The number of ether oxygens (including phenoxy) is 1. The van der Waals surface area contributed by atoms with Crippen molar-refractivity contribution in [2.24, 2.45) is 5.92 Å². The van der Waals surface area contributed by atoms with Crippen molar-refractivity contribution in [1.29, 1.82) is 0 Å². The van der Waals surface area contributed by atoms with Crippen LogP contribution >= 0.6 is 0 Å². The molecule has 8 heavy (non-hydrogen) atoms. The zero-order valence-corrected chi connectivity index (χ0v) is 4.84.